The van der Waals surface area contributed by atoms with Gasteiger partial charge in [0.2, 0.25) is 0 Å². The van der Waals surface area contributed by atoms with Gasteiger partial charge in [0.15, 0.2) is 0 Å². The lowest BCUT2D eigenvalue weighted by Crippen LogP contribution is -2.41. The summed E-state index contributed by atoms with van der Waals surface area (Å²) in [5, 5.41) is 7.89. The zero-order chi connectivity index (χ0) is 21.8. The SMILES string of the molecule is CNCCN1CCC(Nc2ccc(-n3ccc4cc(C(=O)N(C)C)ccc43)nc2)CC1. The Bertz CT molecular complexity index is 1020. The van der Waals surface area contributed by atoms with Crippen LogP contribution in [0.1, 0.15) is 23.2 Å². The molecule has 1 aliphatic rings. The molecule has 164 valence electrons. The van der Waals surface area contributed by atoms with Gasteiger partial charge in [-0.15, -0.1) is 0 Å². The zero-order valence-corrected chi connectivity index (χ0v) is 18.6. The first-order valence-corrected chi connectivity index (χ1v) is 11.0. The number of carbonyl (C=O) groups is 1. The molecule has 0 unspecified atom stereocenters. The highest BCUT2D eigenvalue weighted by molar-refractivity contribution is 5.98. The molecule has 0 atom stereocenters. The van der Waals surface area contributed by atoms with E-state index in [1.54, 1.807) is 19.0 Å². The van der Waals surface area contributed by atoms with Crippen molar-refractivity contribution < 1.29 is 4.79 Å². The van der Waals surface area contributed by atoms with Crippen LogP contribution in [0, 0.1) is 0 Å². The summed E-state index contributed by atoms with van der Waals surface area (Å²) in [5.41, 5.74) is 2.80. The summed E-state index contributed by atoms with van der Waals surface area (Å²) in [6, 6.07) is 12.5. The van der Waals surface area contributed by atoms with E-state index in [2.05, 4.69) is 31.2 Å². The Hall–Kier alpha value is -2.90. The minimum atomic E-state index is 0.0102. The van der Waals surface area contributed by atoms with Gasteiger partial charge in [-0.2, -0.15) is 0 Å². The molecule has 4 rings (SSSR count). The molecule has 1 fully saturated rings. The number of amides is 1. The number of anilines is 1. The minimum absolute atomic E-state index is 0.0102. The third kappa shape index (κ3) is 4.89. The molecule has 1 aliphatic heterocycles. The molecule has 2 aromatic heterocycles. The number of piperidine rings is 1. The Morgan fingerprint density at radius 2 is 1.97 bits per heavy atom. The number of hydrogen-bond acceptors (Lipinski definition) is 5. The molecule has 0 aliphatic carbocycles. The highest BCUT2D eigenvalue weighted by atomic mass is 16.2. The van der Waals surface area contributed by atoms with Crippen LogP contribution in [0.3, 0.4) is 0 Å². The lowest BCUT2D eigenvalue weighted by atomic mass is 10.0. The number of nitrogens with zero attached hydrogens (tertiary/aromatic N) is 4. The highest BCUT2D eigenvalue weighted by Crippen LogP contribution is 2.23. The monoisotopic (exact) mass is 420 g/mol. The van der Waals surface area contributed by atoms with Crippen LogP contribution in [-0.4, -0.2) is 78.6 Å². The van der Waals surface area contributed by atoms with E-state index in [1.807, 2.05) is 49.8 Å². The fourth-order valence-electron chi connectivity index (χ4n) is 4.15. The van der Waals surface area contributed by atoms with Crippen LogP contribution in [0.25, 0.3) is 16.7 Å². The van der Waals surface area contributed by atoms with Crippen molar-refractivity contribution in [1.29, 1.82) is 0 Å². The van der Waals surface area contributed by atoms with Gasteiger partial charge in [0.1, 0.15) is 5.82 Å². The molecule has 0 bridgehead atoms. The molecule has 3 aromatic rings. The lowest BCUT2D eigenvalue weighted by Gasteiger charge is -2.32. The van der Waals surface area contributed by atoms with Crippen LogP contribution in [0.2, 0.25) is 0 Å². The van der Waals surface area contributed by atoms with Crippen molar-refractivity contribution >= 4 is 22.5 Å². The van der Waals surface area contributed by atoms with Crippen molar-refractivity contribution in [3.8, 4) is 5.82 Å². The lowest BCUT2D eigenvalue weighted by molar-refractivity contribution is 0.0828. The predicted molar refractivity (Wildman–Crippen MR) is 126 cm³/mol. The summed E-state index contributed by atoms with van der Waals surface area (Å²) < 4.78 is 2.06. The first-order chi connectivity index (χ1) is 15.0. The summed E-state index contributed by atoms with van der Waals surface area (Å²) in [6.07, 6.45) is 6.23. The van der Waals surface area contributed by atoms with Gasteiger partial charge in [-0.3, -0.25) is 4.79 Å². The second-order valence-electron chi connectivity index (χ2n) is 8.43. The molecule has 3 heterocycles. The van der Waals surface area contributed by atoms with Crippen LogP contribution in [0.5, 0.6) is 0 Å². The smallest absolute Gasteiger partial charge is 0.253 e. The van der Waals surface area contributed by atoms with Crippen molar-refractivity contribution in [2.45, 2.75) is 18.9 Å². The Morgan fingerprint density at radius 1 is 1.16 bits per heavy atom. The average Bonchev–Trinajstić information content (AvgIpc) is 3.22. The van der Waals surface area contributed by atoms with Crippen LogP contribution in [0.4, 0.5) is 5.69 Å². The Balaban J connectivity index is 1.41. The van der Waals surface area contributed by atoms with Crippen LogP contribution in [-0.2, 0) is 0 Å². The average molecular weight is 421 g/mol. The number of carbonyl (C=O) groups excluding carboxylic acids is 1. The number of fused-ring (bicyclic) bond motifs is 1. The maximum Gasteiger partial charge on any atom is 0.253 e. The van der Waals surface area contributed by atoms with E-state index in [0.717, 1.165) is 61.4 Å². The van der Waals surface area contributed by atoms with Gasteiger partial charge in [0, 0.05) is 63.5 Å². The van der Waals surface area contributed by atoms with Crippen molar-refractivity contribution in [2.75, 3.05) is 52.6 Å². The van der Waals surface area contributed by atoms with Gasteiger partial charge >= 0.3 is 0 Å². The van der Waals surface area contributed by atoms with Crippen molar-refractivity contribution in [3.05, 3.63) is 54.4 Å². The molecule has 0 radical (unpaired) electrons. The first-order valence-electron chi connectivity index (χ1n) is 11.0. The van der Waals surface area contributed by atoms with Crippen molar-refractivity contribution in [2.24, 2.45) is 0 Å². The van der Waals surface area contributed by atoms with E-state index in [9.17, 15) is 4.79 Å². The number of rotatable bonds is 7. The molecule has 2 N–H and O–H groups in total. The maximum atomic E-state index is 12.2. The van der Waals surface area contributed by atoms with Gasteiger partial charge in [0.25, 0.3) is 5.91 Å². The summed E-state index contributed by atoms with van der Waals surface area (Å²) in [4.78, 5) is 21.0. The largest absolute Gasteiger partial charge is 0.381 e. The summed E-state index contributed by atoms with van der Waals surface area (Å²) in [7, 11) is 5.54. The Kier molecular flexibility index (Phi) is 6.53. The maximum absolute atomic E-state index is 12.2. The second-order valence-corrected chi connectivity index (χ2v) is 8.43. The third-order valence-electron chi connectivity index (χ3n) is 5.97. The Labute approximate surface area is 184 Å². The van der Waals surface area contributed by atoms with Gasteiger partial charge in [0.05, 0.1) is 17.4 Å². The molecule has 7 nitrogen and oxygen atoms in total. The van der Waals surface area contributed by atoms with E-state index < -0.39 is 0 Å². The van der Waals surface area contributed by atoms with Crippen molar-refractivity contribution in [1.82, 2.24) is 24.7 Å². The molecule has 0 spiro atoms. The minimum Gasteiger partial charge on any atom is -0.381 e. The first kappa shape index (κ1) is 21.3. The van der Waals surface area contributed by atoms with Crippen LogP contribution in [0.15, 0.2) is 48.8 Å². The standard InChI is InChI=1S/C24H32N6O/c1-25-11-15-29-12-9-20(10-13-29)27-21-5-7-23(26-17-21)30-14-8-18-16-19(4-6-22(18)30)24(31)28(2)3/h4-8,14,16-17,20,25,27H,9-13,15H2,1-3H3. The molecular weight excluding hydrogens is 388 g/mol. The van der Waals surface area contributed by atoms with E-state index in [1.165, 1.54) is 0 Å². The van der Waals surface area contributed by atoms with E-state index >= 15 is 0 Å². The zero-order valence-electron chi connectivity index (χ0n) is 18.6. The number of nitrogens with one attached hydrogen (secondary N) is 2. The fourth-order valence-corrected chi connectivity index (χ4v) is 4.15. The van der Waals surface area contributed by atoms with Crippen LogP contribution >= 0.6 is 0 Å². The number of pyridine rings is 1. The van der Waals surface area contributed by atoms with Crippen LogP contribution < -0.4 is 10.6 Å². The summed E-state index contributed by atoms with van der Waals surface area (Å²) >= 11 is 0. The second kappa shape index (κ2) is 9.49. The Morgan fingerprint density at radius 3 is 2.65 bits per heavy atom. The van der Waals surface area contributed by atoms with Gasteiger partial charge in [-0.25, -0.2) is 4.98 Å². The third-order valence-corrected chi connectivity index (χ3v) is 5.97. The molecule has 31 heavy (non-hydrogen) atoms. The van der Waals surface area contributed by atoms with E-state index in [0.29, 0.717) is 11.6 Å². The van der Waals surface area contributed by atoms with Gasteiger partial charge in [-0.1, -0.05) is 0 Å². The normalized spacial score (nSPS) is 15.3. The molecule has 1 amide bonds. The number of likely N-dealkylation sites (N-methyl/N-ethyl adjacent to an activating group) is 1. The molecule has 1 saturated heterocycles. The number of aromatic nitrogens is 2. The van der Waals surface area contributed by atoms with Crippen molar-refractivity contribution in [3.63, 3.8) is 0 Å². The number of likely N-dealkylation sites (tertiary alicyclic amines) is 1. The van der Waals surface area contributed by atoms with Gasteiger partial charge < -0.3 is 25.0 Å². The summed E-state index contributed by atoms with van der Waals surface area (Å²) in [5.74, 6) is 0.880. The molecule has 7 heteroatoms. The molecule has 1 aromatic carbocycles. The summed E-state index contributed by atoms with van der Waals surface area (Å²) in [6.45, 7) is 4.44. The highest BCUT2D eigenvalue weighted by Gasteiger charge is 2.18. The molecular formula is C24H32N6O. The van der Waals surface area contributed by atoms with E-state index in [4.69, 9.17) is 0 Å². The van der Waals surface area contributed by atoms with E-state index in [-0.39, 0.29) is 5.91 Å². The molecule has 0 saturated carbocycles. The quantitative estimate of drug-likeness (QED) is 0.615. The van der Waals surface area contributed by atoms with Gasteiger partial charge in [-0.05, 0) is 56.3 Å². The number of hydrogen-bond donors (Lipinski definition) is 2. The topological polar surface area (TPSA) is 65.4 Å². The fraction of sp³-hybridized carbons (Fsp3) is 0.417. The predicted octanol–water partition coefficient (Wildman–Crippen LogP) is 2.82. The number of benzene rings is 1.